The van der Waals surface area contributed by atoms with E-state index in [1.165, 1.54) is 16.5 Å². The Kier molecular flexibility index (Phi) is 4.64. The van der Waals surface area contributed by atoms with Crippen LogP contribution in [-0.4, -0.2) is 22.1 Å². The fourth-order valence-electron chi connectivity index (χ4n) is 2.57. The molecule has 0 fully saturated rings. The van der Waals surface area contributed by atoms with Crippen LogP contribution in [-0.2, 0) is 16.1 Å². The second kappa shape index (κ2) is 7.24. The molecule has 3 heterocycles. The second-order valence-electron chi connectivity index (χ2n) is 5.71. The largest absolute Gasteiger partial charge is 0.456 e. The molecule has 1 aliphatic rings. The lowest BCUT2D eigenvalue weighted by Crippen LogP contribution is -2.16. The van der Waals surface area contributed by atoms with Gasteiger partial charge in [0.15, 0.2) is 11.5 Å². The maximum atomic E-state index is 12.1. The average Bonchev–Trinajstić information content (AvgIpc) is 3.13. The molecule has 4 rings (SSSR count). The van der Waals surface area contributed by atoms with E-state index in [-0.39, 0.29) is 19.0 Å². The molecule has 27 heavy (non-hydrogen) atoms. The number of rotatable bonds is 4. The third kappa shape index (κ3) is 3.85. The van der Waals surface area contributed by atoms with Gasteiger partial charge in [0.2, 0.25) is 6.79 Å². The molecule has 2 aromatic heterocycles. The van der Waals surface area contributed by atoms with Crippen LogP contribution in [0.1, 0.15) is 11.3 Å². The van der Waals surface area contributed by atoms with Crippen LogP contribution >= 0.6 is 15.9 Å². The fraction of sp³-hybridized carbons (Fsp3) is 0.105. The first-order chi connectivity index (χ1) is 13.1. The van der Waals surface area contributed by atoms with Crippen LogP contribution in [0.2, 0.25) is 0 Å². The lowest BCUT2D eigenvalue weighted by Gasteiger charge is -2.05. The predicted molar refractivity (Wildman–Crippen MR) is 101 cm³/mol. The molecule has 0 saturated heterocycles. The first kappa shape index (κ1) is 17.3. The van der Waals surface area contributed by atoms with Gasteiger partial charge >= 0.3 is 5.97 Å². The molecule has 0 amide bonds. The first-order valence-corrected chi connectivity index (χ1v) is 8.80. The summed E-state index contributed by atoms with van der Waals surface area (Å²) in [6.07, 6.45) is 4.56. The topological polar surface area (TPSA) is 79.1 Å². The molecule has 3 aromatic rings. The molecule has 8 heteroatoms. The minimum absolute atomic E-state index is 0.0912. The van der Waals surface area contributed by atoms with E-state index in [1.807, 2.05) is 0 Å². The molecule has 0 aliphatic carbocycles. The van der Waals surface area contributed by atoms with Crippen LogP contribution in [0.3, 0.4) is 0 Å². The number of ether oxygens (including phenoxy) is 3. The van der Waals surface area contributed by atoms with Gasteiger partial charge in [-0.1, -0.05) is 6.07 Å². The zero-order valence-corrected chi connectivity index (χ0v) is 15.5. The Labute approximate surface area is 161 Å². The van der Waals surface area contributed by atoms with E-state index in [1.54, 1.807) is 42.6 Å². The van der Waals surface area contributed by atoms with Crippen LogP contribution in [0, 0.1) is 0 Å². The number of pyridine rings is 1. The summed E-state index contributed by atoms with van der Waals surface area (Å²) in [7, 11) is 0. The Bertz CT molecular complexity index is 1120. The van der Waals surface area contributed by atoms with Gasteiger partial charge in [-0.05, 0) is 51.8 Å². The van der Waals surface area contributed by atoms with Crippen molar-refractivity contribution in [3.8, 4) is 11.5 Å². The van der Waals surface area contributed by atoms with Gasteiger partial charge in [0.05, 0.1) is 5.69 Å². The highest BCUT2D eigenvalue weighted by Gasteiger charge is 2.12. The molecule has 0 spiro atoms. The predicted octanol–water partition coefficient (Wildman–Crippen LogP) is 2.94. The van der Waals surface area contributed by atoms with E-state index in [0.717, 1.165) is 10.0 Å². The third-order valence-electron chi connectivity index (χ3n) is 3.85. The molecule has 0 radical (unpaired) electrons. The molecule has 0 atom stereocenters. The van der Waals surface area contributed by atoms with Crippen LogP contribution < -0.4 is 15.0 Å². The maximum absolute atomic E-state index is 12.1. The molecule has 136 valence electrons. The average molecular weight is 429 g/mol. The standard InChI is InChI=1S/C19H13BrN2O5/c20-13-3-5-17-21-14(8-18(23)22(17)9-13)10-25-19(24)6-2-12-1-4-15-16(7-12)27-11-26-15/h1-9H,10-11H2. The number of carbonyl (C=O) groups is 1. The Balaban J connectivity index is 1.42. The van der Waals surface area contributed by atoms with Crippen molar-refractivity contribution in [1.29, 1.82) is 0 Å². The van der Waals surface area contributed by atoms with E-state index in [2.05, 4.69) is 20.9 Å². The monoisotopic (exact) mass is 428 g/mol. The minimum Gasteiger partial charge on any atom is -0.456 e. The Morgan fingerprint density at radius 3 is 2.96 bits per heavy atom. The molecule has 0 unspecified atom stereocenters. The van der Waals surface area contributed by atoms with Crippen LogP contribution in [0.4, 0.5) is 0 Å². The van der Waals surface area contributed by atoms with Gasteiger partial charge in [-0.2, -0.15) is 0 Å². The first-order valence-electron chi connectivity index (χ1n) is 8.01. The molecule has 0 saturated carbocycles. The Hall–Kier alpha value is -3.13. The number of halogens is 1. The molecule has 1 aromatic carbocycles. The lowest BCUT2D eigenvalue weighted by atomic mass is 10.2. The summed E-state index contributed by atoms with van der Waals surface area (Å²) >= 11 is 3.31. The number of esters is 1. The highest BCUT2D eigenvalue weighted by atomic mass is 79.9. The summed E-state index contributed by atoms with van der Waals surface area (Å²) in [4.78, 5) is 28.4. The Morgan fingerprint density at radius 1 is 1.22 bits per heavy atom. The van der Waals surface area contributed by atoms with Gasteiger partial charge in [-0.25, -0.2) is 9.78 Å². The van der Waals surface area contributed by atoms with Crippen molar-refractivity contribution in [2.45, 2.75) is 6.61 Å². The van der Waals surface area contributed by atoms with E-state index < -0.39 is 5.97 Å². The zero-order valence-electron chi connectivity index (χ0n) is 13.9. The van der Waals surface area contributed by atoms with Gasteiger partial charge in [-0.15, -0.1) is 0 Å². The van der Waals surface area contributed by atoms with Crippen LogP contribution in [0.15, 0.2) is 57.9 Å². The zero-order chi connectivity index (χ0) is 18.8. The molecule has 7 nitrogen and oxygen atoms in total. The number of hydrogen-bond acceptors (Lipinski definition) is 6. The van der Waals surface area contributed by atoms with E-state index in [9.17, 15) is 9.59 Å². The van der Waals surface area contributed by atoms with Crippen molar-refractivity contribution < 1.29 is 19.0 Å². The normalized spacial score (nSPS) is 12.6. The maximum Gasteiger partial charge on any atom is 0.331 e. The van der Waals surface area contributed by atoms with Crippen molar-refractivity contribution in [2.24, 2.45) is 0 Å². The number of hydrogen-bond donors (Lipinski definition) is 0. The molecule has 0 N–H and O–H groups in total. The van der Waals surface area contributed by atoms with E-state index in [0.29, 0.717) is 22.8 Å². The number of carbonyl (C=O) groups excluding carboxylic acids is 1. The van der Waals surface area contributed by atoms with Crippen molar-refractivity contribution >= 4 is 33.6 Å². The number of fused-ring (bicyclic) bond motifs is 2. The molecular formula is C19H13BrN2O5. The smallest absolute Gasteiger partial charge is 0.331 e. The highest BCUT2D eigenvalue weighted by molar-refractivity contribution is 9.10. The minimum atomic E-state index is -0.537. The fourth-order valence-corrected chi connectivity index (χ4v) is 2.91. The molecule has 1 aliphatic heterocycles. The second-order valence-corrected chi connectivity index (χ2v) is 6.63. The lowest BCUT2D eigenvalue weighted by molar-refractivity contribution is -0.139. The third-order valence-corrected chi connectivity index (χ3v) is 4.32. The van der Waals surface area contributed by atoms with Gasteiger partial charge in [-0.3, -0.25) is 9.20 Å². The van der Waals surface area contributed by atoms with Crippen molar-refractivity contribution in [2.75, 3.05) is 6.79 Å². The number of aromatic nitrogens is 2. The SMILES string of the molecule is O=C(C=Cc1ccc2c(c1)OCO2)OCc1cc(=O)n2cc(Br)ccc2n1. The molecule has 0 bridgehead atoms. The summed E-state index contributed by atoms with van der Waals surface area (Å²) in [5.74, 6) is 0.777. The van der Waals surface area contributed by atoms with Gasteiger partial charge in [0, 0.05) is 22.8 Å². The summed E-state index contributed by atoms with van der Waals surface area (Å²) in [6, 6.07) is 10.2. The van der Waals surface area contributed by atoms with Crippen LogP contribution in [0.25, 0.3) is 11.7 Å². The van der Waals surface area contributed by atoms with Crippen LogP contribution in [0.5, 0.6) is 11.5 Å². The summed E-state index contributed by atoms with van der Waals surface area (Å²) in [5.41, 5.74) is 1.40. The van der Waals surface area contributed by atoms with Gasteiger partial charge in [0.1, 0.15) is 12.3 Å². The molecular weight excluding hydrogens is 416 g/mol. The van der Waals surface area contributed by atoms with Crippen molar-refractivity contribution in [1.82, 2.24) is 9.38 Å². The van der Waals surface area contributed by atoms with E-state index >= 15 is 0 Å². The summed E-state index contributed by atoms with van der Waals surface area (Å²) in [5, 5.41) is 0. The Morgan fingerprint density at radius 2 is 2.07 bits per heavy atom. The summed E-state index contributed by atoms with van der Waals surface area (Å²) in [6.45, 7) is 0.104. The van der Waals surface area contributed by atoms with Gasteiger partial charge in [0.25, 0.3) is 5.56 Å². The van der Waals surface area contributed by atoms with Gasteiger partial charge < -0.3 is 14.2 Å². The van der Waals surface area contributed by atoms with Crippen molar-refractivity contribution in [3.63, 3.8) is 0 Å². The quantitative estimate of drug-likeness (QED) is 0.469. The number of nitrogens with zero attached hydrogens (tertiary/aromatic N) is 2. The van der Waals surface area contributed by atoms with Crippen molar-refractivity contribution in [3.05, 3.63) is 74.8 Å². The number of benzene rings is 1. The summed E-state index contributed by atoms with van der Waals surface area (Å²) < 4.78 is 17.9. The van der Waals surface area contributed by atoms with E-state index in [4.69, 9.17) is 14.2 Å². The highest BCUT2D eigenvalue weighted by Crippen LogP contribution is 2.32.